The number of dihydropyridines is 1. The lowest BCUT2D eigenvalue weighted by molar-refractivity contribution is -0.136. The predicted molar refractivity (Wildman–Crippen MR) is 102 cm³/mol. The second-order valence-corrected chi connectivity index (χ2v) is 8.35. The first-order valence-electron chi connectivity index (χ1n) is 8.42. The maximum atomic E-state index is 13.0. The van der Waals surface area contributed by atoms with E-state index in [2.05, 4.69) is 19.2 Å². The van der Waals surface area contributed by atoms with Crippen LogP contribution >= 0.6 is 23.2 Å². The summed E-state index contributed by atoms with van der Waals surface area (Å²) in [6.07, 6.45) is 1.13. The molecule has 6 heteroatoms. The highest BCUT2D eigenvalue weighted by molar-refractivity contribution is 6.42. The third-order valence-electron chi connectivity index (χ3n) is 4.94. The molecule has 1 heterocycles. The Bertz CT molecular complexity index is 868. The molecule has 1 aromatic rings. The molecule has 0 bridgehead atoms. The molecule has 0 spiro atoms. The summed E-state index contributed by atoms with van der Waals surface area (Å²) < 4.78 is 4.99. The summed E-state index contributed by atoms with van der Waals surface area (Å²) in [5, 5.41) is 4.00. The summed E-state index contributed by atoms with van der Waals surface area (Å²) in [6, 6.07) is 5.26. The number of methoxy groups -OCH3 is 1. The number of carbonyl (C=O) groups excluding carboxylic acids is 2. The normalized spacial score (nSPS) is 22.1. The molecule has 4 nitrogen and oxygen atoms in total. The van der Waals surface area contributed by atoms with Crippen molar-refractivity contribution < 1.29 is 14.3 Å². The third-order valence-corrected chi connectivity index (χ3v) is 5.77. The Labute approximate surface area is 163 Å². The van der Waals surface area contributed by atoms with E-state index in [0.717, 1.165) is 5.70 Å². The average molecular weight is 394 g/mol. The van der Waals surface area contributed by atoms with Crippen molar-refractivity contribution in [3.8, 4) is 0 Å². The zero-order valence-corrected chi connectivity index (χ0v) is 16.7. The first-order valence-corrected chi connectivity index (χ1v) is 9.18. The van der Waals surface area contributed by atoms with Crippen molar-refractivity contribution >= 4 is 35.0 Å². The van der Waals surface area contributed by atoms with Crippen LogP contribution in [-0.2, 0) is 14.3 Å². The summed E-state index contributed by atoms with van der Waals surface area (Å²) in [5.74, 6) is -1.06. The fourth-order valence-electron chi connectivity index (χ4n) is 3.87. The Kier molecular flexibility index (Phi) is 4.93. The molecule has 1 aromatic carbocycles. The van der Waals surface area contributed by atoms with Crippen molar-refractivity contribution in [1.82, 2.24) is 5.32 Å². The third kappa shape index (κ3) is 3.17. The van der Waals surface area contributed by atoms with Gasteiger partial charge in [-0.3, -0.25) is 4.79 Å². The van der Waals surface area contributed by atoms with E-state index in [1.165, 1.54) is 7.11 Å². The molecule has 0 radical (unpaired) electrons. The van der Waals surface area contributed by atoms with Gasteiger partial charge in [0, 0.05) is 29.3 Å². The minimum atomic E-state index is -0.589. The van der Waals surface area contributed by atoms with Crippen LogP contribution in [0.4, 0.5) is 0 Å². The first-order chi connectivity index (χ1) is 12.2. The molecule has 0 saturated carbocycles. The number of ketones is 1. The van der Waals surface area contributed by atoms with E-state index in [9.17, 15) is 9.59 Å². The van der Waals surface area contributed by atoms with E-state index in [-0.39, 0.29) is 11.2 Å². The van der Waals surface area contributed by atoms with Crippen LogP contribution in [0.1, 0.15) is 45.1 Å². The van der Waals surface area contributed by atoms with Crippen LogP contribution in [-0.4, -0.2) is 18.9 Å². The number of esters is 1. The number of nitrogens with one attached hydrogen (secondary N) is 1. The summed E-state index contributed by atoms with van der Waals surface area (Å²) in [6.45, 7) is 5.94. The molecule has 26 heavy (non-hydrogen) atoms. The van der Waals surface area contributed by atoms with Crippen LogP contribution in [0.25, 0.3) is 0 Å². The van der Waals surface area contributed by atoms with Gasteiger partial charge in [0.2, 0.25) is 0 Å². The molecule has 1 N–H and O–H groups in total. The second kappa shape index (κ2) is 6.75. The topological polar surface area (TPSA) is 55.4 Å². The number of halogens is 2. The molecule has 0 saturated heterocycles. The highest BCUT2D eigenvalue weighted by atomic mass is 35.5. The SMILES string of the molecule is COC(=O)C1=C(C)NC2=C(C(=O)CC(C)(C)C2)C1c1cccc(Cl)c1Cl. The molecule has 0 fully saturated rings. The van der Waals surface area contributed by atoms with E-state index < -0.39 is 11.9 Å². The molecule has 0 aromatic heterocycles. The van der Waals surface area contributed by atoms with Gasteiger partial charge in [-0.1, -0.05) is 49.2 Å². The number of rotatable bonds is 2. The van der Waals surface area contributed by atoms with Gasteiger partial charge in [-0.05, 0) is 30.4 Å². The average Bonchev–Trinajstić information content (AvgIpc) is 2.54. The standard InChI is InChI=1S/C20H21Cl2NO3/c1-10-15(19(25)26-4)16(11-6-5-7-12(21)18(11)22)17-13(23-10)8-20(2,3)9-14(17)24/h5-7,16,23H,8-9H2,1-4H3. The molecule has 1 atom stereocenters. The van der Waals surface area contributed by atoms with Crippen molar-refractivity contribution in [1.29, 1.82) is 0 Å². The van der Waals surface area contributed by atoms with E-state index in [1.54, 1.807) is 18.2 Å². The first kappa shape index (κ1) is 19.0. The van der Waals surface area contributed by atoms with Gasteiger partial charge < -0.3 is 10.1 Å². The van der Waals surface area contributed by atoms with E-state index in [0.29, 0.717) is 45.3 Å². The van der Waals surface area contributed by atoms with Crippen LogP contribution in [0, 0.1) is 5.41 Å². The highest BCUT2D eigenvalue weighted by Crippen LogP contribution is 2.48. The van der Waals surface area contributed by atoms with Gasteiger partial charge in [0.1, 0.15) is 0 Å². The largest absolute Gasteiger partial charge is 0.466 e. The number of benzene rings is 1. The quantitative estimate of drug-likeness (QED) is 0.735. The van der Waals surface area contributed by atoms with Crippen LogP contribution < -0.4 is 5.32 Å². The van der Waals surface area contributed by atoms with Crippen molar-refractivity contribution in [3.05, 3.63) is 56.3 Å². The number of carbonyl (C=O) groups is 2. The van der Waals surface area contributed by atoms with Crippen LogP contribution in [0.15, 0.2) is 40.7 Å². The lowest BCUT2D eigenvalue weighted by Crippen LogP contribution is -2.38. The summed E-state index contributed by atoms with van der Waals surface area (Å²) in [5.41, 5.74) is 2.98. The second-order valence-electron chi connectivity index (χ2n) is 7.56. The maximum absolute atomic E-state index is 13.0. The number of ether oxygens (including phenoxy) is 1. The van der Waals surface area contributed by atoms with Crippen molar-refractivity contribution in [3.63, 3.8) is 0 Å². The lowest BCUT2D eigenvalue weighted by atomic mass is 9.68. The molecular formula is C20H21Cl2NO3. The Morgan fingerprint density at radius 3 is 2.62 bits per heavy atom. The minimum absolute atomic E-state index is 0.0127. The molecule has 1 aliphatic carbocycles. The van der Waals surface area contributed by atoms with Gasteiger partial charge in [0.25, 0.3) is 0 Å². The summed E-state index contributed by atoms with van der Waals surface area (Å²) in [4.78, 5) is 25.6. The Hall–Kier alpha value is -1.78. The van der Waals surface area contributed by atoms with Gasteiger partial charge in [-0.15, -0.1) is 0 Å². The minimum Gasteiger partial charge on any atom is -0.466 e. The van der Waals surface area contributed by atoms with Gasteiger partial charge in [0.15, 0.2) is 5.78 Å². The maximum Gasteiger partial charge on any atom is 0.336 e. The van der Waals surface area contributed by atoms with Crippen LogP contribution in [0.3, 0.4) is 0 Å². The highest BCUT2D eigenvalue weighted by Gasteiger charge is 2.43. The fourth-order valence-corrected chi connectivity index (χ4v) is 4.29. The van der Waals surface area contributed by atoms with Gasteiger partial charge >= 0.3 is 5.97 Å². The monoisotopic (exact) mass is 393 g/mol. The molecule has 2 aliphatic rings. The van der Waals surface area contributed by atoms with Gasteiger partial charge in [-0.2, -0.15) is 0 Å². The molecule has 138 valence electrons. The zero-order valence-electron chi connectivity index (χ0n) is 15.2. The Morgan fingerprint density at radius 1 is 1.27 bits per heavy atom. The number of allylic oxidation sites excluding steroid dienone is 3. The molecule has 0 amide bonds. The van der Waals surface area contributed by atoms with E-state index in [1.807, 2.05) is 6.92 Å². The van der Waals surface area contributed by atoms with Gasteiger partial charge in [0.05, 0.1) is 22.7 Å². The zero-order chi connectivity index (χ0) is 19.2. The lowest BCUT2D eigenvalue weighted by Gasteiger charge is -2.39. The molecule has 3 rings (SSSR count). The van der Waals surface area contributed by atoms with Crippen LogP contribution in [0.5, 0.6) is 0 Å². The smallest absolute Gasteiger partial charge is 0.336 e. The summed E-state index contributed by atoms with van der Waals surface area (Å²) in [7, 11) is 1.33. The van der Waals surface area contributed by atoms with E-state index >= 15 is 0 Å². The summed E-state index contributed by atoms with van der Waals surface area (Å²) >= 11 is 12.7. The van der Waals surface area contributed by atoms with Crippen molar-refractivity contribution in [2.75, 3.05) is 7.11 Å². The number of hydrogen-bond donors (Lipinski definition) is 1. The fraction of sp³-hybridized carbons (Fsp3) is 0.400. The number of hydrogen-bond acceptors (Lipinski definition) is 4. The molecule has 1 aliphatic heterocycles. The van der Waals surface area contributed by atoms with Crippen LogP contribution in [0.2, 0.25) is 10.0 Å². The van der Waals surface area contributed by atoms with Crippen molar-refractivity contribution in [2.45, 2.75) is 39.5 Å². The Balaban J connectivity index is 2.26. The molecular weight excluding hydrogens is 373 g/mol. The number of Topliss-reactive ketones (excluding diaryl/α,β-unsaturated/α-hetero) is 1. The van der Waals surface area contributed by atoms with Gasteiger partial charge in [-0.25, -0.2) is 4.79 Å². The van der Waals surface area contributed by atoms with E-state index in [4.69, 9.17) is 27.9 Å². The Morgan fingerprint density at radius 2 is 1.96 bits per heavy atom. The molecule has 1 unspecified atom stereocenters. The van der Waals surface area contributed by atoms with Crippen molar-refractivity contribution in [2.24, 2.45) is 5.41 Å². The predicted octanol–water partition coefficient (Wildman–Crippen LogP) is 4.77.